The summed E-state index contributed by atoms with van der Waals surface area (Å²) in [7, 11) is -1.62. The van der Waals surface area contributed by atoms with Gasteiger partial charge >= 0.3 is 7.12 Å². The van der Waals surface area contributed by atoms with Crippen molar-refractivity contribution in [1.29, 1.82) is 0 Å². The van der Waals surface area contributed by atoms with Crippen molar-refractivity contribution in [1.82, 2.24) is 0 Å². The van der Waals surface area contributed by atoms with E-state index in [9.17, 15) is 10.0 Å². The second-order valence-electron chi connectivity index (χ2n) is 30.1. The Bertz CT molecular complexity index is 7510. The third-order valence-electron chi connectivity index (χ3n) is 23.2. The average Bonchev–Trinajstić information content (AvgIpc) is 0.727. The molecule has 544 valence electrons. The van der Waals surface area contributed by atoms with Crippen molar-refractivity contribution < 1.29 is 10.0 Å². The number of rotatable bonds is 10. The van der Waals surface area contributed by atoms with E-state index in [2.05, 4.69) is 410 Å². The molecular weight excluding hydrogens is 1470 g/mol. The number of benzene rings is 22. The third-order valence-corrected chi connectivity index (χ3v) is 23.7. The van der Waals surface area contributed by atoms with E-state index in [4.69, 9.17) is 0 Å². The minimum atomic E-state index is -1.62. The van der Waals surface area contributed by atoms with Gasteiger partial charge in [-0.25, -0.2) is 0 Å². The van der Waals surface area contributed by atoms with Gasteiger partial charge in [-0.2, -0.15) is 0 Å². The van der Waals surface area contributed by atoms with Gasteiger partial charge in [0, 0.05) is 4.47 Å². The topological polar surface area (TPSA) is 40.5 Å². The van der Waals surface area contributed by atoms with E-state index in [-0.39, 0.29) is 0 Å². The molecule has 2 N–H and O–H groups in total. The van der Waals surface area contributed by atoms with E-state index in [0.29, 0.717) is 5.46 Å². The molecule has 0 spiro atoms. The van der Waals surface area contributed by atoms with Gasteiger partial charge in [-0.05, 0) is 274 Å². The third kappa shape index (κ3) is 13.6. The highest BCUT2D eigenvalue weighted by Gasteiger charge is 2.25. The predicted molar refractivity (Wildman–Crippen MR) is 501 cm³/mol. The quantitative estimate of drug-likeness (QED) is 0.0814. The van der Waals surface area contributed by atoms with E-state index >= 15 is 0 Å². The van der Waals surface area contributed by atoms with Crippen LogP contribution in [0.5, 0.6) is 0 Å². The van der Waals surface area contributed by atoms with Gasteiger partial charge in [-0.1, -0.05) is 392 Å². The summed E-state index contributed by atoms with van der Waals surface area (Å²) in [5.74, 6) is 0. The van der Waals surface area contributed by atoms with Gasteiger partial charge in [-0.3, -0.25) is 0 Å². The van der Waals surface area contributed by atoms with Crippen molar-refractivity contribution in [2.24, 2.45) is 0 Å². The second-order valence-corrected chi connectivity index (χ2v) is 31.0. The molecule has 0 fully saturated rings. The summed E-state index contributed by atoms with van der Waals surface area (Å²) in [6, 6.07) is 157. The zero-order chi connectivity index (χ0) is 77.6. The first-order chi connectivity index (χ1) is 57.2. The number of hydrogen-bond acceptors (Lipinski definition) is 2. The summed E-state index contributed by atoms with van der Waals surface area (Å²) in [6.07, 6.45) is 0. The van der Waals surface area contributed by atoms with Gasteiger partial charge in [0.1, 0.15) is 0 Å². The number of hydrogen-bond donors (Lipinski definition) is 2. The monoisotopic (exact) mass is 1540 g/mol. The molecule has 0 atom stereocenters. The minimum Gasteiger partial charge on any atom is -0.423 e. The largest absolute Gasteiger partial charge is 0.489 e. The van der Waals surface area contributed by atoms with Crippen molar-refractivity contribution in [3.05, 3.63) is 441 Å². The molecule has 116 heavy (non-hydrogen) atoms. The standard InChI is InChI=1S/C56H36.C36H25BO2.C20H13Br/c1-3-11-37(12-4-1)45-29-32-52-53(35-45)55(42-23-19-40(20-24-42)44-27-30-50-47(33-44)25-22-41-16-9-10-18-49(41)50)51-31-28-46(38-13-5-2-6-14-38)36-54(51)56(52)48-26-21-39-15-7-8-17-43(39)34-48;38-37(39)36-32-20-18-28(24-9-3-1-4-10-24)22-33(32)35(30-16-15-26-13-7-8-14-27(26)21-30)31-19-17-29(23-34(31)36)25-11-5-2-6-12-25;21-18-10-7-14(8-11-18)16-9-12-20-17(13-16)6-5-15-3-1-2-4-19(15)20/h1-36H;1-23,38-39H;1-13H. The molecule has 0 aliphatic heterocycles. The van der Waals surface area contributed by atoms with Gasteiger partial charge in [0.05, 0.1) is 0 Å². The van der Waals surface area contributed by atoms with Crippen LogP contribution in [0.15, 0.2) is 441 Å². The maximum Gasteiger partial charge on any atom is 0.489 e. The Morgan fingerprint density at radius 3 is 0.793 bits per heavy atom. The average molecular weight is 1540 g/mol. The predicted octanol–water partition coefficient (Wildman–Crippen LogP) is 30.0. The van der Waals surface area contributed by atoms with E-state index < -0.39 is 7.12 Å². The van der Waals surface area contributed by atoms with E-state index in [1.165, 1.54) is 153 Å². The van der Waals surface area contributed by atoms with Gasteiger partial charge in [0.15, 0.2) is 0 Å². The van der Waals surface area contributed by atoms with E-state index in [1.54, 1.807) is 0 Å². The first-order valence-corrected chi connectivity index (χ1v) is 40.4. The summed E-state index contributed by atoms with van der Waals surface area (Å²) in [6.45, 7) is 0. The fourth-order valence-electron chi connectivity index (χ4n) is 17.5. The van der Waals surface area contributed by atoms with Crippen LogP contribution in [0.4, 0.5) is 0 Å². The molecule has 22 aromatic rings. The van der Waals surface area contributed by atoms with Crippen LogP contribution in [-0.4, -0.2) is 17.2 Å². The van der Waals surface area contributed by atoms with Gasteiger partial charge in [-0.15, -0.1) is 0 Å². The zero-order valence-corrected chi connectivity index (χ0v) is 65.0. The number of fused-ring (bicyclic) bond motifs is 12. The summed E-state index contributed by atoms with van der Waals surface area (Å²) in [5, 5.41) is 45.3. The van der Waals surface area contributed by atoms with Crippen molar-refractivity contribution in [2.45, 2.75) is 0 Å². The maximum atomic E-state index is 10.7. The highest BCUT2D eigenvalue weighted by Crippen LogP contribution is 2.48. The van der Waals surface area contributed by atoms with Crippen LogP contribution in [0.1, 0.15) is 0 Å². The molecule has 0 bridgehead atoms. The molecule has 22 rings (SSSR count). The van der Waals surface area contributed by atoms with Gasteiger partial charge in [0.2, 0.25) is 0 Å². The van der Waals surface area contributed by atoms with Crippen LogP contribution in [0.2, 0.25) is 0 Å². The maximum absolute atomic E-state index is 10.7. The Hall–Kier alpha value is -14.1. The Balaban J connectivity index is 0.000000125. The molecule has 0 amide bonds. The van der Waals surface area contributed by atoms with Crippen molar-refractivity contribution >= 4 is 136 Å². The van der Waals surface area contributed by atoms with Crippen LogP contribution < -0.4 is 5.46 Å². The van der Waals surface area contributed by atoms with Gasteiger partial charge < -0.3 is 10.0 Å². The molecule has 0 unspecified atom stereocenters. The lowest BCUT2D eigenvalue weighted by molar-refractivity contribution is 0.426. The summed E-state index contributed by atoms with van der Waals surface area (Å²) >= 11 is 3.48. The molecule has 22 aromatic carbocycles. The lowest BCUT2D eigenvalue weighted by Gasteiger charge is -2.20. The molecule has 2 nitrogen and oxygen atoms in total. The van der Waals surface area contributed by atoms with Crippen LogP contribution in [-0.2, 0) is 0 Å². The fourth-order valence-corrected chi connectivity index (χ4v) is 17.8. The molecule has 0 aliphatic carbocycles. The minimum absolute atomic E-state index is 0.530. The lowest BCUT2D eigenvalue weighted by atomic mass is 9.71. The van der Waals surface area contributed by atoms with Crippen molar-refractivity contribution in [3.8, 4) is 100 Å². The Morgan fingerprint density at radius 2 is 0.388 bits per heavy atom. The van der Waals surface area contributed by atoms with Crippen LogP contribution in [0.3, 0.4) is 0 Å². The highest BCUT2D eigenvalue weighted by atomic mass is 79.9. The Kier molecular flexibility index (Phi) is 18.8. The smallest absolute Gasteiger partial charge is 0.423 e. The zero-order valence-electron chi connectivity index (χ0n) is 63.4. The summed E-state index contributed by atoms with van der Waals surface area (Å²) in [4.78, 5) is 0. The fraction of sp³-hybridized carbons (Fsp3) is 0. The molecular formula is C112H74BBrO2. The van der Waals surface area contributed by atoms with Crippen LogP contribution in [0, 0.1) is 0 Å². The van der Waals surface area contributed by atoms with Crippen molar-refractivity contribution in [3.63, 3.8) is 0 Å². The Labute approximate surface area is 682 Å². The molecule has 0 saturated carbocycles. The van der Waals surface area contributed by atoms with E-state index in [0.717, 1.165) is 59.4 Å². The molecule has 0 aliphatic rings. The van der Waals surface area contributed by atoms with E-state index in [1.807, 2.05) is 42.5 Å². The second kappa shape index (κ2) is 30.8. The lowest BCUT2D eigenvalue weighted by Crippen LogP contribution is -2.31. The number of halogens is 1. The van der Waals surface area contributed by atoms with Crippen LogP contribution >= 0.6 is 15.9 Å². The summed E-state index contributed by atoms with van der Waals surface area (Å²) < 4.78 is 1.11. The molecule has 0 aromatic heterocycles. The molecule has 0 heterocycles. The molecule has 0 radical (unpaired) electrons. The first-order valence-electron chi connectivity index (χ1n) is 39.6. The highest BCUT2D eigenvalue weighted by molar-refractivity contribution is 9.10. The Morgan fingerprint density at radius 1 is 0.147 bits per heavy atom. The molecule has 4 heteroatoms. The SMILES string of the molecule is Brc1ccc(-c2ccc3c(ccc4ccccc43)c2)cc1.OB(O)c1c2cc(-c3ccccc3)ccc2c(-c2ccc3ccccc3c2)c2cc(-c3ccccc3)ccc12.c1ccc(-c2ccc3c(-c4ccc5ccccc5c4)c4cc(-c5ccccc5)ccc4c(-c4ccc(-c5ccc6c(ccc7ccccc76)c5)cc4)c3c2)cc1. The first kappa shape index (κ1) is 71.0. The van der Waals surface area contributed by atoms with Crippen molar-refractivity contribution in [2.75, 3.05) is 0 Å². The van der Waals surface area contributed by atoms with Crippen LogP contribution in [0.25, 0.3) is 208 Å². The molecule has 0 saturated heterocycles. The van der Waals surface area contributed by atoms with Gasteiger partial charge in [0.25, 0.3) is 0 Å². The summed E-state index contributed by atoms with van der Waals surface area (Å²) in [5.41, 5.74) is 21.8. The normalized spacial score (nSPS) is 11.4.